The van der Waals surface area contributed by atoms with Gasteiger partial charge in [-0.2, -0.15) is 8.42 Å². The Labute approximate surface area is 140 Å². The SMILES string of the molecule is CCCCCCCCCCC(C(=O)OC)=S(=O)=O.[NaH]. The van der Waals surface area contributed by atoms with Gasteiger partial charge in [-0.1, -0.05) is 51.9 Å². The number of methoxy groups -OCH3 is 1. The van der Waals surface area contributed by atoms with Gasteiger partial charge < -0.3 is 4.74 Å². The van der Waals surface area contributed by atoms with Gasteiger partial charge in [-0.25, -0.2) is 4.79 Å². The van der Waals surface area contributed by atoms with E-state index in [0.29, 0.717) is 0 Å². The quantitative estimate of drug-likeness (QED) is 0.268. The fraction of sp³-hybridized carbons (Fsp3) is 0.846. The molecule has 0 atom stereocenters. The normalized spacial score (nSPS) is 9.58. The van der Waals surface area contributed by atoms with Crippen molar-refractivity contribution in [2.45, 2.75) is 64.7 Å². The zero-order chi connectivity index (χ0) is 13.8. The van der Waals surface area contributed by atoms with Crippen LogP contribution in [0.2, 0.25) is 0 Å². The summed E-state index contributed by atoms with van der Waals surface area (Å²) in [6, 6.07) is 0. The Hall–Kier alpha value is 0.160. The van der Waals surface area contributed by atoms with Crippen LogP contribution in [0.25, 0.3) is 0 Å². The average molecular weight is 300 g/mol. The first-order valence-corrected chi connectivity index (χ1v) is 7.74. The molecule has 6 heteroatoms. The molecule has 0 saturated heterocycles. The zero-order valence-electron chi connectivity index (χ0n) is 11.4. The minimum atomic E-state index is -2.45. The monoisotopic (exact) mass is 300 g/mol. The Morgan fingerprint density at radius 2 is 1.42 bits per heavy atom. The van der Waals surface area contributed by atoms with Crippen LogP contribution in [0, 0.1) is 0 Å². The molecule has 0 rings (SSSR count). The number of carbonyl (C=O) groups is 1. The van der Waals surface area contributed by atoms with Crippen LogP contribution >= 0.6 is 0 Å². The number of esters is 1. The number of hydrogen-bond donors (Lipinski definition) is 0. The van der Waals surface area contributed by atoms with Crippen molar-refractivity contribution in [2.75, 3.05) is 7.11 Å². The Balaban J connectivity index is 0. The molecule has 0 unspecified atom stereocenters. The summed E-state index contributed by atoms with van der Waals surface area (Å²) < 4.78 is 26.0. The molecule has 0 aliphatic heterocycles. The van der Waals surface area contributed by atoms with Crippen molar-refractivity contribution < 1.29 is 17.9 Å². The molecule has 108 valence electrons. The zero-order valence-corrected chi connectivity index (χ0v) is 12.2. The molecule has 0 aliphatic rings. The van der Waals surface area contributed by atoms with Crippen molar-refractivity contribution in [3.05, 3.63) is 0 Å². The van der Waals surface area contributed by atoms with Crippen LogP contribution in [0.1, 0.15) is 64.7 Å². The average Bonchev–Trinajstić information content (AvgIpc) is 2.35. The second kappa shape index (κ2) is 14.6. The van der Waals surface area contributed by atoms with Crippen molar-refractivity contribution >= 4 is 50.7 Å². The summed E-state index contributed by atoms with van der Waals surface area (Å²) >= 11 is 0. The molecule has 0 spiro atoms. The van der Waals surface area contributed by atoms with Crippen LogP contribution in [0.15, 0.2) is 0 Å². The van der Waals surface area contributed by atoms with Crippen molar-refractivity contribution in [1.29, 1.82) is 0 Å². The molecular formula is C13H25NaO4S. The van der Waals surface area contributed by atoms with Gasteiger partial charge in [0.2, 0.25) is 10.3 Å². The van der Waals surface area contributed by atoms with E-state index < -0.39 is 16.3 Å². The third-order valence-corrected chi connectivity index (χ3v) is 3.64. The van der Waals surface area contributed by atoms with Crippen molar-refractivity contribution in [3.63, 3.8) is 0 Å². The second-order valence-electron chi connectivity index (χ2n) is 4.37. The molecule has 0 heterocycles. The topological polar surface area (TPSA) is 60.4 Å². The Morgan fingerprint density at radius 1 is 0.947 bits per heavy atom. The summed E-state index contributed by atoms with van der Waals surface area (Å²) in [5.41, 5.74) is 0. The molecule has 0 aliphatic carbocycles. The molecule has 0 radical (unpaired) electrons. The van der Waals surface area contributed by atoms with Crippen molar-refractivity contribution in [3.8, 4) is 0 Å². The molecule has 0 fully saturated rings. The van der Waals surface area contributed by atoms with Crippen LogP contribution in [0.5, 0.6) is 0 Å². The van der Waals surface area contributed by atoms with Gasteiger partial charge >= 0.3 is 35.5 Å². The molecule has 4 nitrogen and oxygen atoms in total. The maximum atomic E-state index is 11.1. The number of ether oxygens (including phenoxy) is 1. The van der Waals surface area contributed by atoms with Gasteiger partial charge in [0, 0.05) is 0 Å². The second-order valence-corrected chi connectivity index (χ2v) is 5.34. The van der Waals surface area contributed by atoms with E-state index in [4.69, 9.17) is 0 Å². The minimum absolute atomic E-state index is 0. The van der Waals surface area contributed by atoms with Crippen LogP contribution in [0.4, 0.5) is 0 Å². The maximum absolute atomic E-state index is 11.1. The molecule has 0 saturated carbocycles. The van der Waals surface area contributed by atoms with E-state index >= 15 is 0 Å². The first-order chi connectivity index (χ1) is 8.63. The standard InChI is InChI=1S/C13H24O4S.Na.H/c1-3-4-5-6-7-8-9-10-11-12(18(15)16)13(14)17-2;;/h3-11H2,1-2H3;;. The van der Waals surface area contributed by atoms with Gasteiger partial charge in [0.25, 0.3) is 0 Å². The molecule has 19 heavy (non-hydrogen) atoms. The number of unbranched alkanes of at least 4 members (excludes halogenated alkanes) is 7. The van der Waals surface area contributed by atoms with Crippen molar-refractivity contribution in [1.82, 2.24) is 0 Å². The predicted molar refractivity (Wildman–Crippen MR) is 80.3 cm³/mol. The molecule has 0 bridgehead atoms. The number of rotatable bonds is 10. The first kappa shape index (κ1) is 21.5. The molecule has 0 N–H and O–H groups in total. The molecule has 0 aromatic carbocycles. The number of carbonyl (C=O) groups excluding carboxylic acids is 1. The summed E-state index contributed by atoms with van der Waals surface area (Å²) in [5.74, 6) is -0.730. The fourth-order valence-electron chi connectivity index (χ4n) is 1.79. The predicted octanol–water partition coefficient (Wildman–Crippen LogP) is 2.09. The van der Waals surface area contributed by atoms with E-state index in [1.807, 2.05) is 0 Å². The van der Waals surface area contributed by atoms with Crippen LogP contribution in [0.3, 0.4) is 0 Å². The third-order valence-electron chi connectivity index (χ3n) is 2.87. The Kier molecular flexibility index (Phi) is 16.5. The van der Waals surface area contributed by atoms with Gasteiger partial charge in [0.05, 0.1) is 7.11 Å². The summed E-state index contributed by atoms with van der Waals surface area (Å²) in [7, 11) is -1.26. The van der Waals surface area contributed by atoms with Gasteiger partial charge in [-0.05, 0) is 12.8 Å². The van der Waals surface area contributed by atoms with Gasteiger partial charge in [-0.15, -0.1) is 0 Å². The summed E-state index contributed by atoms with van der Waals surface area (Å²) in [6.45, 7) is 2.19. The van der Waals surface area contributed by atoms with Gasteiger partial charge in [0.15, 0.2) is 4.86 Å². The molecule has 0 aromatic heterocycles. The Bertz CT molecular complexity index is 355. The molecular weight excluding hydrogens is 275 g/mol. The third kappa shape index (κ3) is 11.7. The molecule has 0 amide bonds. The van der Waals surface area contributed by atoms with E-state index in [-0.39, 0.29) is 40.8 Å². The Morgan fingerprint density at radius 3 is 1.84 bits per heavy atom. The molecule has 0 aromatic rings. The van der Waals surface area contributed by atoms with E-state index in [0.717, 1.165) is 19.3 Å². The van der Waals surface area contributed by atoms with Crippen LogP contribution < -0.4 is 0 Å². The summed E-state index contributed by atoms with van der Waals surface area (Å²) in [6.07, 6.45) is 9.32. The van der Waals surface area contributed by atoms with E-state index in [1.165, 1.54) is 39.2 Å². The van der Waals surface area contributed by atoms with E-state index in [9.17, 15) is 13.2 Å². The summed E-state index contributed by atoms with van der Waals surface area (Å²) in [5, 5.41) is 0. The summed E-state index contributed by atoms with van der Waals surface area (Å²) in [4.78, 5) is 11.0. The van der Waals surface area contributed by atoms with Crippen LogP contribution in [-0.4, -0.2) is 55.9 Å². The first-order valence-electron chi connectivity index (χ1n) is 6.66. The van der Waals surface area contributed by atoms with E-state index in [1.54, 1.807) is 0 Å². The fourth-order valence-corrected chi connectivity index (χ4v) is 2.32. The van der Waals surface area contributed by atoms with Gasteiger partial charge in [-0.3, -0.25) is 0 Å². The van der Waals surface area contributed by atoms with Crippen LogP contribution in [-0.2, 0) is 19.8 Å². The van der Waals surface area contributed by atoms with Crippen molar-refractivity contribution in [2.24, 2.45) is 0 Å². The van der Waals surface area contributed by atoms with E-state index in [2.05, 4.69) is 11.7 Å². The number of hydrogen-bond acceptors (Lipinski definition) is 4. The van der Waals surface area contributed by atoms with Gasteiger partial charge in [0.1, 0.15) is 0 Å².